The summed E-state index contributed by atoms with van der Waals surface area (Å²) in [6.45, 7) is 8.45. The number of hydrogen-bond donors (Lipinski definition) is 1. The minimum Gasteiger partial charge on any atom is -0.537 e. The van der Waals surface area contributed by atoms with Gasteiger partial charge in [-0.1, -0.05) is 140 Å². The Morgan fingerprint density at radius 2 is 1.02 bits per heavy atom. The molecule has 0 fully saturated rings. The number of nitrogens with zero attached hydrogens (tertiary/aromatic N) is 2. The molecular formula is C36H40BF4N3O2RuS. The molecule has 2 N–H and O–H groups in total. The van der Waals surface area contributed by atoms with E-state index in [1.54, 1.807) is 36.7 Å². The number of aromatic nitrogens is 1. The second-order valence-corrected chi connectivity index (χ2v) is 12.4. The van der Waals surface area contributed by atoms with E-state index in [1.807, 2.05) is 85.8 Å². The maximum absolute atomic E-state index is 12.8. The molecule has 5 aromatic rings. The van der Waals surface area contributed by atoms with Crippen molar-refractivity contribution in [2.24, 2.45) is 5.73 Å². The molecule has 4 aromatic carbocycles. The fraction of sp³-hybridized carbons (Fsp3) is 0.194. The Balaban J connectivity index is 0.000000425. The van der Waals surface area contributed by atoms with Crippen molar-refractivity contribution in [3.05, 3.63) is 172 Å². The molecule has 0 aliphatic rings. The Labute approximate surface area is 295 Å². The van der Waals surface area contributed by atoms with Crippen LogP contribution < -0.4 is 5.73 Å². The molecular weight excluding hydrogens is 726 g/mol. The second-order valence-electron chi connectivity index (χ2n) is 10.8. The van der Waals surface area contributed by atoms with Crippen molar-refractivity contribution in [2.75, 3.05) is 0 Å². The molecule has 256 valence electrons. The average Bonchev–Trinajstić information content (AvgIpc) is 3.05. The fourth-order valence-corrected chi connectivity index (χ4v) is 5.18. The van der Waals surface area contributed by atoms with Crippen LogP contribution in [0.1, 0.15) is 59.7 Å². The third-order valence-corrected chi connectivity index (χ3v) is 7.92. The van der Waals surface area contributed by atoms with E-state index >= 15 is 0 Å². The van der Waals surface area contributed by atoms with Crippen LogP contribution in [-0.2, 0) is 29.5 Å². The first-order valence-corrected chi connectivity index (χ1v) is 16.3. The Morgan fingerprint density at radius 1 is 0.625 bits per heavy atom. The van der Waals surface area contributed by atoms with Crippen molar-refractivity contribution in [1.29, 1.82) is 0 Å². The predicted molar refractivity (Wildman–Crippen MR) is 184 cm³/mol. The van der Waals surface area contributed by atoms with Gasteiger partial charge in [0.25, 0.3) is 0 Å². The van der Waals surface area contributed by atoms with Crippen molar-refractivity contribution in [2.45, 2.75) is 50.6 Å². The van der Waals surface area contributed by atoms with Crippen LogP contribution in [0, 0.1) is 13.8 Å². The topological polar surface area (TPSA) is 87.2 Å². The normalized spacial score (nSPS) is 12.0. The number of pyridine rings is 1. The van der Waals surface area contributed by atoms with Gasteiger partial charge in [0.15, 0.2) is 0 Å². The summed E-state index contributed by atoms with van der Waals surface area (Å²) < 4.78 is 68.9. The van der Waals surface area contributed by atoms with Crippen LogP contribution in [0.2, 0.25) is 0 Å². The van der Waals surface area contributed by atoms with Gasteiger partial charge in [-0.05, 0) is 55.2 Å². The first kappa shape index (κ1) is 42.3. The van der Waals surface area contributed by atoms with Crippen LogP contribution in [-0.4, -0.2) is 20.7 Å². The van der Waals surface area contributed by atoms with Crippen LogP contribution in [0.4, 0.5) is 17.3 Å². The van der Waals surface area contributed by atoms with Crippen LogP contribution in [0.25, 0.3) is 4.72 Å². The third-order valence-electron chi connectivity index (χ3n) is 6.55. The molecule has 5 nitrogen and oxygen atoms in total. The molecule has 0 saturated carbocycles. The Hall–Kier alpha value is -3.69. The van der Waals surface area contributed by atoms with E-state index in [4.69, 9.17) is 5.73 Å². The van der Waals surface area contributed by atoms with Crippen LogP contribution in [0.3, 0.4) is 0 Å². The van der Waals surface area contributed by atoms with Crippen LogP contribution in [0.5, 0.6) is 0 Å². The zero-order valence-electron chi connectivity index (χ0n) is 27.2. The van der Waals surface area contributed by atoms with Crippen LogP contribution in [0.15, 0.2) is 145 Å². The summed E-state index contributed by atoms with van der Waals surface area (Å²) in [5.74, 6) is 0.653. The van der Waals surface area contributed by atoms with E-state index in [9.17, 15) is 25.7 Å². The van der Waals surface area contributed by atoms with Crippen molar-refractivity contribution < 1.29 is 45.2 Å². The van der Waals surface area contributed by atoms with E-state index in [-0.39, 0.29) is 24.4 Å². The molecule has 2 unspecified atom stereocenters. The number of benzene rings is 4. The first-order chi connectivity index (χ1) is 22.2. The predicted octanol–water partition coefficient (Wildman–Crippen LogP) is 10.00. The average molecular weight is 767 g/mol. The van der Waals surface area contributed by atoms with Gasteiger partial charge in [0.05, 0.1) is 0 Å². The molecule has 0 bridgehead atoms. The molecule has 0 aliphatic carbocycles. The fourth-order valence-electron chi connectivity index (χ4n) is 4.03. The summed E-state index contributed by atoms with van der Waals surface area (Å²) in [6.07, 6.45) is 3.50. The smallest absolute Gasteiger partial charge is 0.537 e. The Kier molecular flexibility index (Phi) is 18.8. The maximum atomic E-state index is 12.8. The summed E-state index contributed by atoms with van der Waals surface area (Å²) in [5, 5.41) is 0. The molecule has 0 aliphatic heterocycles. The summed E-state index contributed by atoms with van der Waals surface area (Å²) in [5.41, 5.74) is 11.8. The third kappa shape index (κ3) is 16.9. The molecule has 0 saturated heterocycles. The summed E-state index contributed by atoms with van der Waals surface area (Å²) in [6, 6.07) is 38.5. The van der Waals surface area contributed by atoms with Gasteiger partial charge in [0.1, 0.15) is 10.0 Å². The van der Waals surface area contributed by atoms with E-state index in [2.05, 4.69) is 54.7 Å². The Morgan fingerprint density at radius 3 is 1.40 bits per heavy atom. The molecule has 0 spiro atoms. The number of rotatable bonds is 7. The number of aryl methyl sites for hydroxylation is 2. The standard InChI is InChI=1S/C21H21N2O2S.C10H14.C5H5N.BF4.Ru/c1-16-12-14-19(15-13-16)26(24,25)23-21(18-10-6-3-7-11-18)20(22)17-8-4-2-5-9-17;1-8(2)10-6-4-9(3)5-7-10;1-2-4-6-5-3-1;2-1(3,4)5;/h2-15,20-21H,22H2,1H3;4-8H,1-3H3;1-5H;;/q-1;;;-1;+2. The summed E-state index contributed by atoms with van der Waals surface area (Å²) >= 11 is 0. The zero-order valence-corrected chi connectivity index (χ0v) is 29.7. The molecule has 0 amide bonds. The van der Waals surface area contributed by atoms with Crippen molar-refractivity contribution in [1.82, 2.24) is 4.98 Å². The Bertz CT molecular complexity index is 1630. The van der Waals surface area contributed by atoms with Gasteiger partial charge in [0.2, 0.25) is 0 Å². The number of sulfonamides is 1. The van der Waals surface area contributed by atoms with E-state index in [1.165, 1.54) is 11.1 Å². The molecule has 5 rings (SSSR count). The molecule has 12 heteroatoms. The first-order valence-electron chi connectivity index (χ1n) is 14.9. The maximum Gasteiger partial charge on any atom is 2.00 e. The van der Waals surface area contributed by atoms with Crippen LogP contribution >= 0.6 is 0 Å². The molecule has 1 aromatic heterocycles. The van der Waals surface area contributed by atoms with Gasteiger partial charge in [-0.3, -0.25) is 4.98 Å². The number of hydrogen-bond acceptors (Lipinski definition) is 4. The number of nitrogens with two attached hydrogens (primary N) is 1. The summed E-state index contributed by atoms with van der Waals surface area (Å²) in [7, 11) is -9.83. The van der Waals surface area contributed by atoms with Gasteiger partial charge in [-0.15, -0.1) is 0 Å². The second kappa shape index (κ2) is 21.3. The van der Waals surface area contributed by atoms with Gasteiger partial charge in [-0.2, -0.15) is 0 Å². The van der Waals surface area contributed by atoms with E-state index in [0.717, 1.165) is 16.7 Å². The summed E-state index contributed by atoms with van der Waals surface area (Å²) in [4.78, 5) is 3.96. The van der Waals surface area contributed by atoms with Crippen molar-refractivity contribution in [3.8, 4) is 0 Å². The quantitative estimate of drug-likeness (QED) is 0.132. The molecule has 0 radical (unpaired) electrons. The monoisotopic (exact) mass is 767 g/mol. The minimum absolute atomic E-state index is 0. The largest absolute Gasteiger partial charge is 2.00 e. The molecule has 2 atom stereocenters. The van der Waals surface area contributed by atoms with E-state index < -0.39 is 29.4 Å². The molecule has 1 heterocycles. The number of halogens is 4. The van der Waals surface area contributed by atoms with E-state index in [0.29, 0.717) is 5.92 Å². The SMILES string of the molecule is Cc1ccc(C(C)C)cc1.Cc1ccc(S(=O)(=O)[N-]C(c2ccccc2)C(N)c2ccccc2)cc1.F[B-](F)(F)F.[Ru+2].c1ccncc1. The van der Waals surface area contributed by atoms with Gasteiger partial charge in [0, 0.05) is 23.3 Å². The minimum atomic E-state index is -6.00. The van der Waals surface area contributed by atoms with Gasteiger partial charge >= 0.3 is 26.7 Å². The van der Waals surface area contributed by atoms with Gasteiger partial charge < -0.3 is 27.7 Å². The zero-order chi connectivity index (χ0) is 34.9. The molecule has 48 heavy (non-hydrogen) atoms. The van der Waals surface area contributed by atoms with Crippen molar-refractivity contribution in [3.63, 3.8) is 0 Å². The van der Waals surface area contributed by atoms with Gasteiger partial charge in [-0.25, -0.2) is 8.42 Å². The van der Waals surface area contributed by atoms with Crippen molar-refractivity contribution >= 4 is 17.3 Å².